The standard InChI is InChI=1S/C22H22N2O4/c1-2-27-20-11-9-18(10-12-20)21(25)16-28-22(26)13-8-17-14-23-24(15-17)19-6-4-3-5-7-19/h3-7,9-12,14-15H,2,8,13,16H2,1H3. The Bertz CT molecular complexity index is 917. The van der Waals surface area contributed by atoms with Crippen molar-refractivity contribution in [3.63, 3.8) is 0 Å². The molecular formula is C22H22N2O4. The molecule has 0 atom stereocenters. The summed E-state index contributed by atoms with van der Waals surface area (Å²) >= 11 is 0. The highest BCUT2D eigenvalue weighted by atomic mass is 16.5. The molecule has 0 fully saturated rings. The molecule has 0 bridgehead atoms. The third-order valence-corrected chi connectivity index (χ3v) is 4.13. The van der Waals surface area contributed by atoms with Crippen molar-refractivity contribution in [2.75, 3.05) is 13.2 Å². The van der Waals surface area contributed by atoms with Crippen molar-refractivity contribution in [3.05, 3.63) is 78.1 Å². The van der Waals surface area contributed by atoms with Gasteiger partial charge in [-0.1, -0.05) is 18.2 Å². The van der Waals surface area contributed by atoms with Gasteiger partial charge in [-0.05, 0) is 55.3 Å². The van der Waals surface area contributed by atoms with Gasteiger partial charge in [-0.3, -0.25) is 9.59 Å². The van der Waals surface area contributed by atoms with Gasteiger partial charge in [0.05, 0.1) is 18.5 Å². The third-order valence-electron chi connectivity index (χ3n) is 4.13. The first-order valence-electron chi connectivity index (χ1n) is 9.16. The molecule has 1 heterocycles. The van der Waals surface area contributed by atoms with E-state index in [9.17, 15) is 9.59 Å². The number of carbonyl (C=O) groups excluding carboxylic acids is 2. The molecule has 0 N–H and O–H groups in total. The number of Topliss-reactive ketones (excluding diaryl/α,β-unsaturated/α-hetero) is 1. The van der Waals surface area contributed by atoms with Crippen LogP contribution in [0.25, 0.3) is 5.69 Å². The van der Waals surface area contributed by atoms with Gasteiger partial charge in [0.2, 0.25) is 0 Å². The number of hydrogen-bond acceptors (Lipinski definition) is 5. The van der Waals surface area contributed by atoms with Crippen molar-refractivity contribution < 1.29 is 19.1 Å². The van der Waals surface area contributed by atoms with Crippen LogP contribution in [0, 0.1) is 0 Å². The number of para-hydroxylation sites is 1. The highest BCUT2D eigenvalue weighted by Gasteiger charge is 2.11. The van der Waals surface area contributed by atoms with Gasteiger partial charge in [-0.2, -0.15) is 5.10 Å². The number of benzene rings is 2. The number of ketones is 1. The van der Waals surface area contributed by atoms with Crippen LogP contribution >= 0.6 is 0 Å². The molecule has 0 aliphatic carbocycles. The highest BCUT2D eigenvalue weighted by Crippen LogP contribution is 2.13. The summed E-state index contributed by atoms with van der Waals surface area (Å²) in [5.74, 6) is 0.0483. The van der Waals surface area contributed by atoms with Gasteiger partial charge in [0, 0.05) is 18.2 Å². The Morgan fingerprint density at radius 2 is 1.79 bits per heavy atom. The average molecular weight is 378 g/mol. The molecule has 3 aromatic rings. The van der Waals surface area contributed by atoms with Gasteiger partial charge in [0.1, 0.15) is 5.75 Å². The smallest absolute Gasteiger partial charge is 0.306 e. The summed E-state index contributed by atoms with van der Waals surface area (Å²) in [5, 5.41) is 4.30. The maximum absolute atomic E-state index is 12.1. The fraction of sp³-hybridized carbons (Fsp3) is 0.227. The Morgan fingerprint density at radius 3 is 2.50 bits per heavy atom. The SMILES string of the molecule is CCOc1ccc(C(=O)COC(=O)CCc2cnn(-c3ccccc3)c2)cc1. The Morgan fingerprint density at radius 1 is 1.04 bits per heavy atom. The molecular weight excluding hydrogens is 356 g/mol. The summed E-state index contributed by atoms with van der Waals surface area (Å²) in [6.45, 7) is 2.19. The second-order valence-electron chi connectivity index (χ2n) is 6.17. The van der Waals surface area contributed by atoms with E-state index in [1.165, 1.54) is 0 Å². The zero-order chi connectivity index (χ0) is 19.8. The minimum atomic E-state index is -0.410. The molecule has 0 aliphatic heterocycles. The van der Waals surface area contributed by atoms with E-state index in [4.69, 9.17) is 9.47 Å². The Kier molecular flexibility index (Phi) is 6.57. The van der Waals surface area contributed by atoms with Crippen LogP contribution in [0.15, 0.2) is 67.0 Å². The van der Waals surface area contributed by atoms with E-state index in [-0.39, 0.29) is 18.8 Å². The maximum Gasteiger partial charge on any atom is 0.306 e. The molecule has 3 rings (SSSR count). The molecule has 28 heavy (non-hydrogen) atoms. The second-order valence-corrected chi connectivity index (χ2v) is 6.17. The first kappa shape index (κ1) is 19.4. The molecule has 0 amide bonds. The number of esters is 1. The summed E-state index contributed by atoms with van der Waals surface area (Å²) in [6, 6.07) is 16.5. The molecule has 6 heteroatoms. The van der Waals surface area contributed by atoms with E-state index < -0.39 is 5.97 Å². The summed E-state index contributed by atoms with van der Waals surface area (Å²) < 4.78 is 12.2. The summed E-state index contributed by atoms with van der Waals surface area (Å²) in [6.07, 6.45) is 4.30. The van der Waals surface area contributed by atoms with Gasteiger partial charge in [-0.15, -0.1) is 0 Å². The van der Waals surface area contributed by atoms with Crippen molar-refractivity contribution in [1.29, 1.82) is 0 Å². The molecule has 0 radical (unpaired) electrons. The lowest BCUT2D eigenvalue weighted by molar-refractivity contribution is -0.142. The van der Waals surface area contributed by atoms with E-state index in [2.05, 4.69) is 5.10 Å². The molecule has 0 saturated carbocycles. The van der Waals surface area contributed by atoms with Crippen LogP contribution in [0.4, 0.5) is 0 Å². The van der Waals surface area contributed by atoms with Crippen LogP contribution in [-0.4, -0.2) is 34.7 Å². The monoisotopic (exact) mass is 378 g/mol. The van der Waals surface area contributed by atoms with E-state index in [1.54, 1.807) is 35.1 Å². The topological polar surface area (TPSA) is 70.4 Å². The fourth-order valence-corrected chi connectivity index (χ4v) is 2.66. The number of hydrogen-bond donors (Lipinski definition) is 0. The van der Waals surface area contributed by atoms with Crippen LogP contribution in [0.3, 0.4) is 0 Å². The van der Waals surface area contributed by atoms with E-state index >= 15 is 0 Å². The minimum Gasteiger partial charge on any atom is -0.494 e. The third kappa shape index (κ3) is 5.30. The average Bonchev–Trinajstić information content (AvgIpc) is 3.21. The lowest BCUT2D eigenvalue weighted by Gasteiger charge is -2.06. The second kappa shape index (κ2) is 9.50. The minimum absolute atomic E-state index is 0.192. The summed E-state index contributed by atoms with van der Waals surface area (Å²) in [5.41, 5.74) is 2.37. The molecule has 0 aliphatic rings. The zero-order valence-corrected chi connectivity index (χ0v) is 15.7. The lowest BCUT2D eigenvalue weighted by Crippen LogP contribution is -2.14. The van der Waals surface area contributed by atoms with Crippen LogP contribution in [0.2, 0.25) is 0 Å². The van der Waals surface area contributed by atoms with Gasteiger partial charge in [0.25, 0.3) is 0 Å². The van der Waals surface area contributed by atoms with Gasteiger partial charge >= 0.3 is 5.97 Å². The van der Waals surface area contributed by atoms with Crippen molar-refractivity contribution in [1.82, 2.24) is 9.78 Å². The fourth-order valence-electron chi connectivity index (χ4n) is 2.66. The van der Waals surface area contributed by atoms with Crippen molar-refractivity contribution >= 4 is 11.8 Å². The zero-order valence-electron chi connectivity index (χ0n) is 15.7. The number of nitrogens with zero attached hydrogens (tertiary/aromatic N) is 2. The highest BCUT2D eigenvalue weighted by molar-refractivity contribution is 5.98. The predicted octanol–water partition coefficient (Wildman–Crippen LogP) is 3.63. The summed E-state index contributed by atoms with van der Waals surface area (Å²) in [7, 11) is 0. The van der Waals surface area contributed by atoms with Crippen molar-refractivity contribution in [2.45, 2.75) is 19.8 Å². The number of ether oxygens (including phenoxy) is 2. The van der Waals surface area contributed by atoms with E-state index in [1.807, 2.05) is 43.5 Å². The normalized spacial score (nSPS) is 10.5. The number of aromatic nitrogens is 2. The van der Waals surface area contributed by atoms with Crippen LogP contribution in [0.5, 0.6) is 5.75 Å². The Balaban J connectivity index is 1.44. The van der Waals surface area contributed by atoms with Crippen molar-refractivity contribution in [3.8, 4) is 11.4 Å². The Labute approximate surface area is 163 Å². The largest absolute Gasteiger partial charge is 0.494 e. The molecule has 1 aromatic heterocycles. The van der Waals surface area contributed by atoms with Crippen molar-refractivity contribution in [2.24, 2.45) is 0 Å². The van der Waals surface area contributed by atoms with Gasteiger partial charge in [0.15, 0.2) is 12.4 Å². The number of rotatable bonds is 9. The van der Waals surface area contributed by atoms with E-state index in [0.717, 1.165) is 11.3 Å². The quantitative estimate of drug-likeness (QED) is 0.420. The summed E-state index contributed by atoms with van der Waals surface area (Å²) in [4.78, 5) is 24.1. The number of aryl methyl sites for hydroxylation is 1. The lowest BCUT2D eigenvalue weighted by atomic mass is 10.1. The maximum atomic E-state index is 12.1. The van der Waals surface area contributed by atoms with Gasteiger partial charge in [-0.25, -0.2) is 4.68 Å². The number of carbonyl (C=O) groups is 2. The van der Waals surface area contributed by atoms with E-state index in [0.29, 0.717) is 24.3 Å². The first-order valence-corrected chi connectivity index (χ1v) is 9.16. The van der Waals surface area contributed by atoms with Gasteiger partial charge < -0.3 is 9.47 Å². The predicted molar refractivity (Wildman–Crippen MR) is 105 cm³/mol. The molecule has 2 aromatic carbocycles. The van der Waals surface area contributed by atoms with Crippen LogP contribution in [0.1, 0.15) is 29.3 Å². The molecule has 6 nitrogen and oxygen atoms in total. The Hall–Kier alpha value is -3.41. The molecule has 0 unspecified atom stereocenters. The van der Waals surface area contributed by atoms with Crippen LogP contribution in [-0.2, 0) is 16.0 Å². The molecule has 144 valence electrons. The first-order chi connectivity index (χ1) is 13.7. The molecule has 0 saturated heterocycles. The molecule has 0 spiro atoms. The van der Waals surface area contributed by atoms with Crippen LogP contribution < -0.4 is 4.74 Å².